The molecule has 0 bridgehead atoms. The van der Waals surface area contributed by atoms with Crippen molar-refractivity contribution in [1.82, 2.24) is 5.32 Å². The first-order valence-corrected chi connectivity index (χ1v) is 16.6. The molecule has 2 atom stereocenters. The number of ether oxygens (including phenoxy) is 2. The van der Waals surface area contributed by atoms with Crippen molar-refractivity contribution in [2.75, 3.05) is 25.6 Å². The monoisotopic (exact) mass is 646 g/mol. The fraction of sp³-hybridized carbons (Fsp3) is 0.250. The first-order valence-electron chi connectivity index (χ1n) is 15.7. The summed E-state index contributed by atoms with van der Waals surface area (Å²) in [6.45, 7) is 6.54. The van der Waals surface area contributed by atoms with Gasteiger partial charge in [-0.15, -0.1) is 11.8 Å². The van der Waals surface area contributed by atoms with Crippen molar-refractivity contribution in [3.8, 4) is 0 Å². The number of hydrogen-bond acceptors (Lipinski definition) is 6. The second-order valence-corrected chi connectivity index (χ2v) is 13.8. The molecule has 0 saturated heterocycles. The lowest BCUT2D eigenvalue weighted by Crippen LogP contribution is -2.50. The molecule has 0 aromatic heterocycles. The first kappa shape index (κ1) is 33.8. The molecule has 0 spiro atoms. The number of thioether (sulfide) groups is 1. The number of nitrogens with one attached hydrogen (secondary N) is 1. The Bertz CT molecular complexity index is 1680. The Morgan fingerprint density at radius 2 is 1.28 bits per heavy atom. The fourth-order valence-corrected chi connectivity index (χ4v) is 7.74. The zero-order chi connectivity index (χ0) is 33.4. The zero-order valence-electron chi connectivity index (χ0n) is 27.6. The van der Waals surface area contributed by atoms with Gasteiger partial charge in [0.05, 0.1) is 23.0 Å². The van der Waals surface area contributed by atoms with E-state index in [9.17, 15) is 9.59 Å². The molecule has 0 heterocycles. The molecule has 0 aliphatic rings. The van der Waals surface area contributed by atoms with Gasteiger partial charge in [-0.1, -0.05) is 115 Å². The third-order valence-electron chi connectivity index (χ3n) is 8.09. The zero-order valence-corrected chi connectivity index (χ0v) is 28.4. The average Bonchev–Trinajstić information content (AvgIpc) is 3.09. The minimum atomic E-state index is -0.683. The van der Waals surface area contributed by atoms with E-state index in [0.29, 0.717) is 12.1 Å². The van der Waals surface area contributed by atoms with Gasteiger partial charge < -0.3 is 19.7 Å². The van der Waals surface area contributed by atoms with E-state index in [0.717, 1.165) is 39.6 Å². The van der Waals surface area contributed by atoms with Crippen LogP contribution in [0.15, 0.2) is 127 Å². The summed E-state index contributed by atoms with van der Waals surface area (Å²) in [5.74, 6) is -0.380. The second-order valence-electron chi connectivity index (χ2n) is 12.4. The summed E-state index contributed by atoms with van der Waals surface area (Å²) in [7, 11) is 3.41. The maximum absolute atomic E-state index is 12.6. The summed E-state index contributed by atoms with van der Waals surface area (Å²) in [5, 5.41) is 4.42. The summed E-state index contributed by atoms with van der Waals surface area (Å²) >= 11 is 1.66. The van der Waals surface area contributed by atoms with Gasteiger partial charge in [-0.25, -0.2) is 4.79 Å². The summed E-state index contributed by atoms with van der Waals surface area (Å²) in [4.78, 5) is 27.1. The molecule has 1 N–H and O–H groups in total. The van der Waals surface area contributed by atoms with Gasteiger partial charge in [-0.2, -0.15) is 0 Å². The van der Waals surface area contributed by atoms with Crippen molar-refractivity contribution >= 4 is 40.6 Å². The van der Waals surface area contributed by atoms with E-state index in [4.69, 9.17) is 9.47 Å². The maximum Gasteiger partial charge on any atom is 0.338 e. The molecule has 0 saturated carbocycles. The van der Waals surface area contributed by atoms with Crippen LogP contribution >= 0.6 is 11.8 Å². The van der Waals surface area contributed by atoms with Crippen LogP contribution in [0.4, 0.5) is 5.69 Å². The van der Waals surface area contributed by atoms with Gasteiger partial charge in [-0.3, -0.25) is 4.79 Å². The molecular formula is C40H42N2O4S. The summed E-state index contributed by atoms with van der Waals surface area (Å²) < 4.78 is 11.2. The maximum atomic E-state index is 12.6. The fourth-order valence-electron chi connectivity index (χ4n) is 6.13. The lowest BCUT2D eigenvalue weighted by Gasteiger charge is -2.42. The molecule has 0 aliphatic carbocycles. The minimum absolute atomic E-state index is 0.380. The molecule has 47 heavy (non-hydrogen) atoms. The smallest absolute Gasteiger partial charge is 0.338 e. The van der Waals surface area contributed by atoms with Crippen LogP contribution in [0.25, 0.3) is 10.8 Å². The lowest BCUT2D eigenvalue weighted by molar-refractivity contribution is -0.111. The number of likely N-dealkylation sites (N-methyl/N-ethyl adjacent to an activating group) is 1. The highest BCUT2D eigenvalue weighted by Crippen LogP contribution is 2.50. The van der Waals surface area contributed by atoms with Gasteiger partial charge in [0.2, 0.25) is 6.41 Å². The SMILES string of the molecule is COC(=O)c1cccc2c(N(C)CC(OC(C)(C)C)C(NC=O)SC(c3ccccc3)(c3ccccc3)c3ccccc3)cccc12. The van der Waals surface area contributed by atoms with E-state index in [2.05, 4.69) is 83.0 Å². The van der Waals surface area contributed by atoms with Crippen molar-refractivity contribution < 1.29 is 19.1 Å². The Kier molecular flexibility index (Phi) is 10.7. The number of esters is 1. The van der Waals surface area contributed by atoms with Gasteiger partial charge in [0.15, 0.2) is 0 Å². The van der Waals surface area contributed by atoms with Gasteiger partial charge in [0, 0.05) is 24.7 Å². The van der Waals surface area contributed by atoms with Crippen molar-refractivity contribution in [2.45, 2.75) is 42.6 Å². The normalized spacial score (nSPS) is 13.0. The largest absolute Gasteiger partial charge is 0.465 e. The molecule has 5 aromatic carbocycles. The molecule has 7 heteroatoms. The Labute approximate surface area is 282 Å². The Hall–Kier alpha value is -4.59. The van der Waals surface area contributed by atoms with Crippen LogP contribution in [0.2, 0.25) is 0 Å². The van der Waals surface area contributed by atoms with Crippen LogP contribution in [0, 0.1) is 0 Å². The number of benzene rings is 5. The standard InChI is InChI=1S/C40H42N2O4S/c1-39(2,3)46-36(27-42(4)35-26-16-23-32-33(35)24-15-25-34(32)38(44)45-5)37(41-28-43)47-40(29-17-9-6-10-18-29,30-19-11-7-12-20-30)31-21-13-8-14-22-31/h6-26,28,36-37H,27H2,1-5H3,(H,41,43). The lowest BCUT2D eigenvalue weighted by atomic mass is 9.84. The van der Waals surface area contributed by atoms with E-state index in [-0.39, 0.29) is 5.97 Å². The highest BCUT2D eigenvalue weighted by Gasteiger charge is 2.42. The third-order valence-corrected chi connectivity index (χ3v) is 9.84. The quantitative estimate of drug-likeness (QED) is 0.0605. The van der Waals surface area contributed by atoms with E-state index in [1.165, 1.54) is 7.11 Å². The molecule has 2 unspecified atom stereocenters. The Morgan fingerprint density at radius 3 is 1.77 bits per heavy atom. The van der Waals surface area contributed by atoms with E-state index in [1.54, 1.807) is 17.8 Å². The van der Waals surface area contributed by atoms with Crippen molar-refractivity contribution in [1.29, 1.82) is 0 Å². The van der Waals surface area contributed by atoms with Gasteiger partial charge in [0.25, 0.3) is 0 Å². The molecule has 5 rings (SSSR count). The van der Waals surface area contributed by atoms with E-state index >= 15 is 0 Å². The van der Waals surface area contributed by atoms with Crippen molar-refractivity contribution in [2.24, 2.45) is 0 Å². The van der Waals surface area contributed by atoms with Gasteiger partial charge in [0.1, 0.15) is 11.5 Å². The number of rotatable bonds is 13. The third kappa shape index (κ3) is 7.53. The number of carbonyl (C=O) groups excluding carboxylic acids is 2. The Balaban J connectivity index is 1.63. The topological polar surface area (TPSA) is 67.9 Å². The van der Waals surface area contributed by atoms with Crippen LogP contribution in [-0.4, -0.2) is 50.2 Å². The molecule has 6 nitrogen and oxygen atoms in total. The average molecular weight is 647 g/mol. The predicted molar refractivity (Wildman–Crippen MR) is 193 cm³/mol. The molecule has 1 amide bonds. The van der Waals surface area contributed by atoms with Crippen LogP contribution in [0.3, 0.4) is 0 Å². The van der Waals surface area contributed by atoms with Gasteiger partial charge >= 0.3 is 5.97 Å². The van der Waals surface area contributed by atoms with Crippen LogP contribution in [0.1, 0.15) is 47.8 Å². The molecule has 0 aliphatic heterocycles. The van der Waals surface area contributed by atoms with Crippen LogP contribution < -0.4 is 10.2 Å². The molecule has 0 radical (unpaired) electrons. The Morgan fingerprint density at radius 1 is 0.766 bits per heavy atom. The van der Waals surface area contributed by atoms with Crippen LogP contribution in [0.5, 0.6) is 0 Å². The number of methoxy groups -OCH3 is 1. The number of carbonyl (C=O) groups is 2. The van der Waals surface area contributed by atoms with E-state index < -0.39 is 21.8 Å². The number of anilines is 1. The molecule has 5 aromatic rings. The van der Waals surface area contributed by atoms with Crippen LogP contribution in [-0.2, 0) is 19.0 Å². The van der Waals surface area contributed by atoms with Gasteiger partial charge in [-0.05, 0) is 55.0 Å². The number of amides is 1. The van der Waals surface area contributed by atoms with E-state index in [1.807, 2.05) is 76.3 Å². The number of fused-ring (bicyclic) bond motifs is 1. The summed E-state index contributed by atoms with van der Waals surface area (Å²) in [6, 6.07) is 42.8. The second kappa shape index (κ2) is 14.9. The van der Waals surface area contributed by atoms with Crippen molar-refractivity contribution in [3.63, 3.8) is 0 Å². The number of nitrogens with zero attached hydrogens (tertiary/aromatic N) is 1. The van der Waals surface area contributed by atoms with Crippen molar-refractivity contribution in [3.05, 3.63) is 150 Å². The minimum Gasteiger partial charge on any atom is -0.465 e. The summed E-state index contributed by atoms with van der Waals surface area (Å²) in [6.07, 6.45) is 0.313. The predicted octanol–water partition coefficient (Wildman–Crippen LogP) is 8.04. The molecule has 0 fully saturated rings. The highest BCUT2D eigenvalue weighted by atomic mass is 32.2. The highest BCUT2D eigenvalue weighted by molar-refractivity contribution is 8.01. The molecule has 242 valence electrons. The first-order chi connectivity index (χ1) is 22.7. The number of hydrogen-bond donors (Lipinski definition) is 1. The molecular weight excluding hydrogens is 605 g/mol. The summed E-state index contributed by atoms with van der Waals surface area (Å²) in [5.41, 5.74) is 4.20.